The summed E-state index contributed by atoms with van der Waals surface area (Å²) in [6.07, 6.45) is 3.06. The summed E-state index contributed by atoms with van der Waals surface area (Å²) < 4.78 is 10.7. The zero-order valence-electron chi connectivity index (χ0n) is 10.8. The van der Waals surface area contributed by atoms with Crippen molar-refractivity contribution < 1.29 is 9.47 Å². The summed E-state index contributed by atoms with van der Waals surface area (Å²) in [6.45, 7) is 0.263. The molecular weight excluding hydrogens is 256 g/mol. The van der Waals surface area contributed by atoms with Crippen molar-refractivity contribution in [2.75, 3.05) is 12.2 Å². The van der Waals surface area contributed by atoms with Gasteiger partial charge in [-0.2, -0.15) is 0 Å². The number of hydrogen-bond acceptors (Lipinski definition) is 6. The van der Waals surface area contributed by atoms with Crippen molar-refractivity contribution in [2.24, 2.45) is 5.84 Å². The van der Waals surface area contributed by atoms with Crippen LogP contribution in [0.2, 0.25) is 0 Å². The maximum atomic E-state index is 5.58. The van der Waals surface area contributed by atoms with Gasteiger partial charge in [-0.1, -0.05) is 0 Å². The van der Waals surface area contributed by atoms with E-state index >= 15 is 0 Å². The van der Waals surface area contributed by atoms with Gasteiger partial charge in [-0.25, -0.2) is 15.8 Å². The van der Waals surface area contributed by atoms with Gasteiger partial charge in [-0.05, 0) is 37.5 Å². The molecule has 0 fully saturated rings. The molecular formula is C14H14N4O2. The number of nitrogens with zero attached hydrogens (tertiary/aromatic N) is 2. The second kappa shape index (κ2) is 4.35. The van der Waals surface area contributed by atoms with Crippen LogP contribution in [0.4, 0.5) is 5.82 Å². The molecule has 3 N–H and O–H groups in total. The number of nitrogen functional groups attached to an aromatic ring is 1. The van der Waals surface area contributed by atoms with Crippen molar-refractivity contribution in [1.82, 2.24) is 9.97 Å². The third-order valence-corrected chi connectivity index (χ3v) is 3.70. The highest BCUT2D eigenvalue weighted by molar-refractivity contribution is 5.64. The molecule has 1 aliphatic carbocycles. The van der Waals surface area contributed by atoms with E-state index in [1.165, 1.54) is 0 Å². The molecule has 6 nitrogen and oxygen atoms in total. The van der Waals surface area contributed by atoms with Crippen LogP contribution in [-0.2, 0) is 12.8 Å². The molecule has 102 valence electrons. The molecule has 0 saturated carbocycles. The van der Waals surface area contributed by atoms with Gasteiger partial charge in [0.15, 0.2) is 17.3 Å². The molecule has 0 radical (unpaired) electrons. The molecule has 0 atom stereocenters. The topological polar surface area (TPSA) is 82.3 Å². The Labute approximate surface area is 115 Å². The van der Waals surface area contributed by atoms with E-state index in [0.717, 1.165) is 53.4 Å². The van der Waals surface area contributed by atoms with Gasteiger partial charge < -0.3 is 14.9 Å². The number of fused-ring (bicyclic) bond motifs is 2. The third-order valence-electron chi connectivity index (χ3n) is 3.70. The predicted molar refractivity (Wildman–Crippen MR) is 73.4 cm³/mol. The lowest BCUT2D eigenvalue weighted by atomic mass is 10.1. The van der Waals surface area contributed by atoms with Gasteiger partial charge in [-0.15, -0.1) is 0 Å². The molecule has 0 unspecified atom stereocenters. The fraction of sp³-hybridized carbons (Fsp3) is 0.286. The maximum Gasteiger partial charge on any atom is 0.231 e. The molecule has 0 spiro atoms. The van der Waals surface area contributed by atoms with Crippen LogP contribution in [0.1, 0.15) is 17.7 Å². The van der Waals surface area contributed by atoms with Gasteiger partial charge in [0.1, 0.15) is 5.82 Å². The quantitative estimate of drug-likeness (QED) is 0.637. The average molecular weight is 270 g/mol. The van der Waals surface area contributed by atoms with Crippen LogP contribution in [0.5, 0.6) is 11.5 Å². The van der Waals surface area contributed by atoms with Crippen molar-refractivity contribution in [3.05, 3.63) is 29.5 Å². The van der Waals surface area contributed by atoms with Gasteiger partial charge in [-0.3, -0.25) is 0 Å². The summed E-state index contributed by atoms with van der Waals surface area (Å²) in [4.78, 5) is 9.17. The highest BCUT2D eigenvalue weighted by Gasteiger charge is 2.21. The van der Waals surface area contributed by atoms with Crippen LogP contribution in [0.25, 0.3) is 11.4 Å². The Bertz CT molecular complexity index is 687. The molecule has 6 heteroatoms. The number of nitrogens with two attached hydrogens (primary N) is 1. The molecule has 2 heterocycles. The van der Waals surface area contributed by atoms with E-state index < -0.39 is 0 Å². The van der Waals surface area contributed by atoms with Gasteiger partial charge >= 0.3 is 0 Å². The highest BCUT2D eigenvalue weighted by Crippen LogP contribution is 2.36. The van der Waals surface area contributed by atoms with E-state index in [4.69, 9.17) is 15.3 Å². The van der Waals surface area contributed by atoms with Crippen LogP contribution in [-0.4, -0.2) is 16.8 Å². The number of hydrazine groups is 1. The van der Waals surface area contributed by atoms with E-state index in [9.17, 15) is 0 Å². The van der Waals surface area contributed by atoms with Crippen LogP contribution < -0.4 is 20.7 Å². The number of rotatable bonds is 2. The Morgan fingerprint density at radius 1 is 1.10 bits per heavy atom. The van der Waals surface area contributed by atoms with Crippen molar-refractivity contribution in [3.63, 3.8) is 0 Å². The molecule has 4 rings (SSSR count). The van der Waals surface area contributed by atoms with Crippen molar-refractivity contribution >= 4 is 5.82 Å². The molecule has 2 aromatic rings. The van der Waals surface area contributed by atoms with Crippen molar-refractivity contribution in [3.8, 4) is 22.9 Å². The number of nitrogens with one attached hydrogen (secondary N) is 1. The normalized spacial score (nSPS) is 15.2. The Kier molecular flexibility index (Phi) is 2.50. The second-order valence-electron chi connectivity index (χ2n) is 4.89. The first-order valence-corrected chi connectivity index (χ1v) is 6.61. The average Bonchev–Trinajstić information content (AvgIpc) is 3.13. The number of ether oxygens (including phenoxy) is 2. The lowest BCUT2D eigenvalue weighted by Gasteiger charge is -2.09. The molecule has 0 amide bonds. The second-order valence-corrected chi connectivity index (χ2v) is 4.89. The van der Waals surface area contributed by atoms with E-state index in [-0.39, 0.29) is 6.79 Å². The van der Waals surface area contributed by atoms with E-state index in [1.54, 1.807) is 0 Å². The van der Waals surface area contributed by atoms with Crippen LogP contribution in [0.3, 0.4) is 0 Å². The van der Waals surface area contributed by atoms with E-state index in [1.807, 2.05) is 18.2 Å². The lowest BCUT2D eigenvalue weighted by Crippen LogP contribution is -2.12. The van der Waals surface area contributed by atoms with Gasteiger partial charge in [0, 0.05) is 16.8 Å². The molecule has 0 saturated heterocycles. The summed E-state index contributed by atoms with van der Waals surface area (Å²) in [7, 11) is 0. The first-order chi connectivity index (χ1) is 9.85. The Morgan fingerprint density at radius 3 is 2.90 bits per heavy atom. The monoisotopic (exact) mass is 270 g/mol. The highest BCUT2D eigenvalue weighted by atomic mass is 16.7. The Hall–Kier alpha value is -2.34. The van der Waals surface area contributed by atoms with Crippen molar-refractivity contribution in [2.45, 2.75) is 19.3 Å². The molecule has 20 heavy (non-hydrogen) atoms. The van der Waals surface area contributed by atoms with E-state index in [0.29, 0.717) is 5.82 Å². The molecule has 2 aliphatic rings. The van der Waals surface area contributed by atoms with Crippen LogP contribution in [0.15, 0.2) is 18.2 Å². The number of hydrogen-bond donors (Lipinski definition) is 2. The zero-order valence-corrected chi connectivity index (χ0v) is 10.8. The summed E-state index contributed by atoms with van der Waals surface area (Å²) in [6, 6.07) is 5.72. The van der Waals surface area contributed by atoms with Crippen molar-refractivity contribution in [1.29, 1.82) is 0 Å². The molecule has 1 aromatic carbocycles. The van der Waals surface area contributed by atoms with Gasteiger partial charge in [0.25, 0.3) is 0 Å². The number of anilines is 1. The minimum Gasteiger partial charge on any atom is -0.454 e. The standard InChI is InChI=1S/C14H14N4O2/c15-18-14-9-2-1-3-10(9)16-13(17-14)8-4-5-11-12(6-8)20-7-19-11/h4-6H,1-3,7,15H2,(H,16,17,18). The smallest absolute Gasteiger partial charge is 0.231 e. The molecule has 1 aromatic heterocycles. The third kappa shape index (κ3) is 1.69. The van der Waals surface area contributed by atoms with Gasteiger partial charge in [0.2, 0.25) is 6.79 Å². The minimum absolute atomic E-state index is 0.263. The largest absolute Gasteiger partial charge is 0.454 e. The molecule has 1 aliphatic heterocycles. The van der Waals surface area contributed by atoms with Crippen LogP contribution in [0, 0.1) is 0 Å². The first-order valence-electron chi connectivity index (χ1n) is 6.61. The Balaban J connectivity index is 1.82. The number of benzene rings is 1. The number of aryl methyl sites for hydroxylation is 1. The zero-order chi connectivity index (χ0) is 13.5. The minimum atomic E-state index is 0.263. The maximum absolute atomic E-state index is 5.58. The molecule has 0 bridgehead atoms. The SMILES string of the molecule is NNc1nc(-c2ccc3c(c2)OCO3)nc2c1CCC2. The fourth-order valence-electron chi connectivity index (χ4n) is 2.72. The first kappa shape index (κ1) is 11.5. The summed E-state index contributed by atoms with van der Waals surface area (Å²) >= 11 is 0. The fourth-order valence-corrected chi connectivity index (χ4v) is 2.72. The Morgan fingerprint density at radius 2 is 2.00 bits per heavy atom. The number of aromatic nitrogens is 2. The summed E-state index contributed by atoms with van der Waals surface area (Å²) in [5.74, 6) is 8.45. The summed E-state index contributed by atoms with van der Waals surface area (Å²) in [5, 5.41) is 0. The van der Waals surface area contributed by atoms with E-state index in [2.05, 4.69) is 15.4 Å². The van der Waals surface area contributed by atoms with Crippen LogP contribution >= 0.6 is 0 Å². The summed E-state index contributed by atoms with van der Waals surface area (Å²) in [5.41, 5.74) is 5.81. The lowest BCUT2D eigenvalue weighted by molar-refractivity contribution is 0.174. The predicted octanol–water partition coefficient (Wildman–Crippen LogP) is 1.65. The van der Waals surface area contributed by atoms with Gasteiger partial charge in [0.05, 0.1) is 0 Å².